The van der Waals surface area contributed by atoms with E-state index in [0.717, 1.165) is 11.1 Å². The van der Waals surface area contributed by atoms with E-state index in [2.05, 4.69) is 5.32 Å². The van der Waals surface area contributed by atoms with Crippen molar-refractivity contribution in [1.29, 1.82) is 0 Å². The van der Waals surface area contributed by atoms with E-state index in [1.54, 1.807) is 25.3 Å². The summed E-state index contributed by atoms with van der Waals surface area (Å²) >= 11 is 6.12. The van der Waals surface area contributed by atoms with Crippen LogP contribution >= 0.6 is 11.6 Å². The molecule has 0 saturated carbocycles. The minimum absolute atomic E-state index is 0.245. The highest BCUT2D eigenvalue weighted by Crippen LogP contribution is 2.27. The fourth-order valence-electron chi connectivity index (χ4n) is 1.95. The highest BCUT2D eigenvalue weighted by molar-refractivity contribution is 6.32. The minimum Gasteiger partial charge on any atom is -0.496 e. The second-order valence-electron chi connectivity index (χ2n) is 4.70. The van der Waals surface area contributed by atoms with Gasteiger partial charge in [0.25, 0.3) is 0 Å². The zero-order chi connectivity index (χ0) is 16.5. The normalized spacial score (nSPS) is 10.5. The topological polar surface area (TPSA) is 47.6 Å². The molecule has 0 spiro atoms. The predicted molar refractivity (Wildman–Crippen MR) is 91.7 cm³/mol. The van der Waals surface area contributed by atoms with Crippen molar-refractivity contribution in [2.45, 2.75) is 6.61 Å². The number of benzene rings is 2. The molecule has 0 bridgehead atoms. The number of alkyl carbamates (subject to hydrolysis) is 1. The molecule has 0 atom stereocenters. The molecule has 0 aliphatic carbocycles. The van der Waals surface area contributed by atoms with Crippen molar-refractivity contribution in [3.05, 3.63) is 70.8 Å². The van der Waals surface area contributed by atoms with Gasteiger partial charge < -0.3 is 14.8 Å². The molecule has 5 heteroatoms. The summed E-state index contributed by atoms with van der Waals surface area (Å²) in [5.74, 6) is 0.681. The van der Waals surface area contributed by atoms with Crippen LogP contribution in [0.4, 0.5) is 4.79 Å². The Labute approximate surface area is 140 Å². The van der Waals surface area contributed by atoms with Gasteiger partial charge >= 0.3 is 6.09 Å². The molecule has 0 saturated heterocycles. The molecule has 0 radical (unpaired) electrons. The van der Waals surface area contributed by atoms with Crippen LogP contribution in [-0.4, -0.2) is 19.7 Å². The van der Waals surface area contributed by atoms with E-state index in [1.807, 2.05) is 42.5 Å². The molecular formula is C18H18ClNO3. The molecule has 1 N–H and O–H groups in total. The summed E-state index contributed by atoms with van der Waals surface area (Å²) in [6.45, 7) is 0.580. The number of halogens is 1. The largest absolute Gasteiger partial charge is 0.496 e. The van der Waals surface area contributed by atoms with Crippen LogP contribution in [0.1, 0.15) is 11.1 Å². The van der Waals surface area contributed by atoms with E-state index in [9.17, 15) is 4.79 Å². The molecule has 0 fully saturated rings. The van der Waals surface area contributed by atoms with E-state index in [-0.39, 0.29) is 6.61 Å². The first-order valence-corrected chi connectivity index (χ1v) is 7.52. The Morgan fingerprint density at radius 2 is 1.96 bits per heavy atom. The van der Waals surface area contributed by atoms with Crippen LogP contribution in [0, 0.1) is 0 Å². The van der Waals surface area contributed by atoms with Crippen molar-refractivity contribution < 1.29 is 14.3 Å². The number of ether oxygens (including phenoxy) is 2. The third-order valence-corrected chi connectivity index (χ3v) is 3.42. The molecule has 0 aliphatic heterocycles. The molecule has 23 heavy (non-hydrogen) atoms. The predicted octanol–water partition coefficient (Wildman–Crippen LogP) is 4.29. The van der Waals surface area contributed by atoms with Crippen molar-refractivity contribution in [3.63, 3.8) is 0 Å². The summed E-state index contributed by atoms with van der Waals surface area (Å²) in [5.41, 5.74) is 1.72. The number of amides is 1. The Hall–Kier alpha value is -2.46. The lowest BCUT2D eigenvalue weighted by Crippen LogP contribution is -2.24. The van der Waals surface area contributed by atoms with Crippen molar-refractivity contribution in [2.24, 2.45) is 0 Å². The van der Waals surface area contributed by atoms with Gasteiger partial charge in [-0.1, -0.05) is 60.2 Å². The highest BCUT2D eigenvalue weighted by atomic mass is 35.5. The maximum absolute atomic E-state index is 11.6. The highest BCUT2D eigenvalue weighted by Gasteiger charge is 2.04. The summed E-state index contributed by atoms with van der Waals surface area (Å²) in [7, 11) is 1.59. The van der Waals surface area contributed by atoms with Crippen LogP contribution in [0.5, 0.6) is 5.75 Å². The smallest absolute Gasteiger partial charge is 0.407 e. The lowest BCUT2D eigenvalue weighted by molar-refractivity contribution is 0.141. The first kappa shape index (κ1) is 16.9. The second kappa shape index (κ2) is 8.86. The van der Waals surface area contributed by atoms with Crippen LogP contribution in [0.2, 0.25) is 5.02 Å². The zero-order valence-corrected chi connectivity index (χ0v) is 13.5. The standard InChI is InChI=1S/C18H18ClNO3/c1-22-17-11-5-10-16(19)15(17)9-6-12-20-18(21)23-13-14-7-3-2-4-8-14/h2-11H,12-13H2,1H3,(H,20,21). The van der Waals surface area contributed by atoms with Gasteiger partial charge in [-0.05, 0) is 17.7 Å². The minimum atomic E-state index is -0.468. The number of carbonyl (C=O) groups is 1. The van der Waals surface area contributed by atoms with Gasteiger partial charge in [0.05, 0.1) is 12.1 Å². The average molecular weight is 332 g/mol. The van der Waals surface area contributed by atoms with Crippen LogP contribution in [-0.2, 0) is 11.3 Å². The molecule has 120 valence electrons. The Bertz CT molecular complexity index is 671. The Balaban J connectivity index is 1.79. The number of hydrogen-bond acceptors (Lipinski definition) is 3. The van der Waals surface area contributed by atoms with Gasteiger partial charge in [0.2, 0.25) is 0 Å². The molecule has 2 rings (SSSR count). The van der Waals surface area contributed by atoms with Crippen LogP contribution in [0.25, 0.3) is 6.08 Å². The molecule has 2 aromatic rings. The van der Waals surface area contributed by atoms with E-state index < -0.39 is 6.09 Å². The summed E-state index contributed by atoms with van der Waals surface area (Å²) in [4.78, 5) is 11.6. The Morgan fingerprint density at radius 1 is 1.17 bits per heavy atom. The first-order chi connectivity index (χ1) is 11.2. The number of rotatable bonds is 6. The van der Waals surface area contributed by atoms with Gasteiger partial charge in [-0.3, -0.25) is 0 Å². The third-order valence-electron chi connectivity index (χ3n) is 3.09. The van der Waals surface area contributed by atoms with E-state index in [4.69, 9.17) is 21.1 Å². The Morgan fingerprint density at radius 3 is 2.70 bits per heavy atom. The van der Waals surface area contributed by atoms with Crippen molar-refractivity contribution in [1.82, 2.24) is 5.32 Å². The van der Waals surface area contributed by atoms with Crippen LogP contribution < -0.4 is 10.1 Å². The molecule has 0 heterocycles. The lowest BCUT2D eigenvalue weighted by atomic mass is 10.2. The Kier molecular flexibility index (Phi) is 6.51. The van der Waals surface area contributed by atoms with Crippen molar-refractivity contribution >= 4 is 23.8 Å². The van der Waals surface area contributed by atoms with Gasteiger partial charge in [0.1, 0.15) is 12.4 Å². The van der Waals surface area contributed by atoms with Crippen LogP contribution in [0.3, 0.4) is 0 Å². The summed E-state index contributed by atoms with van der Waals surface area (Å²) in [6, 6.07) is 14.9. The summed E-state index contributed by atoms with van der Waals surface area (Å²) < 4.78 is 10.4. The molecule has 4 nitrogen and oxygen atoms in total. The van der Waals surface area contributed by atoms with Gasteiger partial charge in [0, 0.05) is 12.1 Å². The SMILES string of the molecule is COc1cccc(Cl)c1C=CCNC(=O)OCc1ccccc1. The number of methoxy groups -OCH3 is 1. The van der Waals surface area contributed by atoms with Crippen molar-refractivity contribution in [3.8, 4) is 5.75 Å². The molecular weight excluding hydrogens is 314 g/mol. The van der Waals surface area contributed by atoms with Gasteiger partial charge in [-0.15, -0.1) is 0 Å². The fourth-order valence-corrected chi connectivity index (χ4v) is 2.18. The number of nitrogens with one attached hydrogen (secondary N) is 1. The molecule has 0 unspecified atom stereocenters. The lowest BCUT2D eigenvalue weighted by Gasteiger charge is -2.07. The number of hydrogen-bond donors (Lipinski definition) is 1. The number of carbonyl (C=O) groups excluding carboxylic acids is 1. The van der Waals surface area contributed by atoms with E-state index in [0.29, 0.717) is 17.3 Å². The zero-order valence-electron chi connectivity index (χ0n) is 12.8. The van der Waals surface area contributed by atoms with Gasteiger partial charge in [-0.25, -0.2) is 4.79 Å². The maximum atomic E-state index is 11.6. The maximum Gasteiger partial charge on any atom is 0.407 e. The summed E-state index contributed by atoms with van der Waals surface area (Å²) in [5, 5.41) is 3.24. The average Bonchev–Trinajstić information content (AvgIpc) is 2.58. The fraction of sp³-hybridized carbons (Fsp3) is 0.167. The van der Waals surface area contributed by atoms with Gasteiger partial charge in [-0.2, -0.15) is 0 Å². The quantitative estimate of drug-likeness (QED) is 0.859. The molecule has 0 aromatic heterocycles. The van der Waals surface area contributed by atoms with Crippen LogP contribution in [0.15, 0.2) is 54.6 Å². The molecule has 0 aliphatic rings. The third kappa shape index (κ3) is 5.34. The van der Waals surface area contributed by atoms with Crippen molar-refractivity contribution in [2.75, 3.05) is 13.7 Å². The van der Waals surface area contributed by atoms with E-state index in [1.165, 1.54) is 0 Å². The monoisotopic (exact) mass is 331 g/mol. The van der Waals surface area contributed by atoms with Gasteiger partial charge in [0.15, 0.2) is 0 Å². The van der Waals surface area contributed by atoms with E-state index >= 15 is 0 Å². The molecule has 2 aromatic carbocycles. The first-order valence-electron chi connectivity index (χ1n) is 7.14. The summed E-state index contributed by atoms with van der Waals surface area (Å²) in [6.07, 6.45) is 3.12. The molecule has 1 amide bonds. The second-order valence-corrected chi connectivity index (χ2v) is 5.11.